The van der Waals surface area contributed by atoms with Gasteiger partial charge in [0.2, 0.25) is 5.91 Å². The Kier molecular flexibility index (Phi) is 5.15. The Morgan fingerprint density at radius 3 is 2.50 bits per heavy atom. The van der Waals surface area contributed by atoms with Crippen molar-refractivity contribution in [1.82, 2.24) is 4.90 Å². The summed E-state index contributed by atoms with van der Waals surface area (Å²) in [5.41, 5.74) is 0.932. The summed E-state index contributed by atoms with van der Waals surface area (Å²) >= 11 is 0. The van der Waals surface area contributed by atoms with Crippen LogP contribution in [-0.4, -0.2) is 34.5 Å². The first-order valence-corrected chi connectivity index (χ1v) is 7.50. The van der Waals surface area contributed by atoms with Gasteiger partial charge in [-0.3, -0.25) is 9.59 Å². The fourth-order valence-electron chi connectivity index (χ4n) is 2.57. The third kappa shape index (κ3) is 3.64. The molecule has 0 radical (unpaired) electrons. The van der Waals surface area contributed by atoms with Gasteiger partial charge in [-0.15, -0.1) is 0 Å². The highest BCUT2D eigenvalue weighted by Crippen LogP contribution is 2.20. The predicted octanol–water partition coefficient (Wildman–Crippen LogP) is 3.09. The summed E-state index contributed by atoms with van der Waals surface area (Å²) in [5, 5.41) is 11.1. The van der Waals surface area contributed by atoms with Crippen molar-refractivity contribution in [3.05, 3.63) is 48.0 Å². The van der Waals surface area contributed by atoms with Gasteiger partial charge in [0.15, 0.2) is 0 Å². The van der Waals surface area contributed by atoms with E-state index < -0.39 is 5.97 Å². The lowest BCUT2D eigenvalue weighted by molar-refractivity contribution is -0.145. The Hall–Kier alpha value is -2.36. The molecular formula is C18H21NO3. The van der Waals surface area contributed by atoms with Gasteiger partial charge in [-0.25, -0.2) is 0 Å². The molecule has 1 amide bonds. The minimum Gasteiger partial charge on any atom is -0.480 e. The van der Waals surface area contributed by atoms with Crippen molar-refractivity contribution < 1.29 is 14.7 Å². The van der Waals surface area contributed by atoms with Crippen LogP contribution in [-0.2, 0) is 16.0 Å². The van der Waals surface area contributed by atoms with Crippen molar-refractivity contribution >= 4 is 22.6 Å². The van der Waals surface area contributed by atoms with E-state index in [4.69, 9.17) is 5.11 Å². The second-order valence-electron chi connectivity index (χ2n) is 5.49. The van der Waals surface area contributed by atoms with Gasteiger partial charge in [0, 0.05) is 6.04 Å². The number of rotatable bonds is 6. The number of carbonyl (C=O) groups excluding carboxylic acids is 1. The second-order valence-corrected chi connectivity index (χ2v) is 5.49. The molecule has 22 heavy (non-hydrogen) atoms. The van der Waals surface area contributed by atoms with E-state index in [0.717, 1.165) is 22.8 Å². The molecule has 0 saturated heterocycles. The number of fused-ring (bicyclic) bond motifs is 1. The number of aliphatic carboxylic acids is 1. The monoisotopic (exact) mass is 299 g/mol. The highest BCUT2D eigenvalue weighted by molar-refractivity contribution is 5.91. The van der Waals surface area contributed by atoms with Crippen molar-refractivity contribution in [2.75, 3.05) is 6.54 Å². The van der Waals surface area contributed by atoms with Crippen LogP contribution in [0.5, 0.6) is 0 Å². The average molecular weight is 299 g/mol. The molecule has 0 aliphatic rings. The van der Waals surface area contributed by atoms with Crippen molar-refractivity contribution in [1.29, 1.82) is 0 Å². The zero-order valence-electron chi connectivity index (χ0n) is 13.0. The minimum absolute atomic E-state index is 0.0847. The molecule has 0 saturated carbocycles. The number of nitrogens with zero attached hydrogens (tertiary/aromatic N) is 1. The standard InChI is InChI=1S/C18H21NO3/c1-3-13(2)19(12-18(21)22)17(20)11-15-9-6-8-14-7-4-5-10-16(14)15/h4-10,13H,3,11-12H2,1-2H3,(H,21,22). The molecule has 1 unspecified atom stereocenters. The quantitative estimate of drug-likeness (QED) is 0.891. The molecule has 4 nitrogen and oxygen atoms in total. The van der Waals surface area contributed by atoms with Crippen molar-refractivity contribution in [2.45, 2.75) is 32.7 Å². The van der Waals surface area contributed by atoms with Gasteiger partial charge in [0.05, 0.1) is 6.42 Å². The summed E-state index contributed by atoms with van der Waals surface area (Å²) in [6.07, 6.45) is 0.952. The molecule has 116 valence electrons. The lowest BCUT2D eigenvalue weighted by atomic mass is 10.0. The van der Waals surface area contributed by atoms with Crippen LogP contribution in [0.25, 0.3) is 10.8 Å². The molecule has 0 bridgehead atoms. The molecule has 2 aromatic rings. The maximum atomic E-state index is 12.6. The number of carboxylic acid groups (broad SMARTS) is 1. The number of benzene rings is 2. The Labute approximate surface area is 130 Å². The first-order valence-electron chi connectivity index (χ1n) is 7.50. The highest BCUT2D eigenvalue weighted by atomic mass is 16.4. The van der Waals surface area contributed by atoms with E-state index in [2.05, 4.69) is 0 Å². The zero-order valence-corrected chi connectivity index (χ0v) is 13.0. The molecule has 4 heteroatoms. The van der Waals surface area contributed by atoms with Crippen molar-refractivity contribution in [3.8, 4) is 0 Å². The van der Waals surface area contributed by atoms with Crippen LogP contribution in [0, 0.1) is 0 Å². The summed E-state index contributed by atoms with van der Waals surface area (Å²) in [5.74, 6) is -1.13. The first-order chi connectivity index (χ1) is 10.5. The predicted molar refractivity (Wildman–Crippen MR) is 86.8 cm³/mol. The van der Waals surface area contributed by atoms with Gasteiger partial charge in [-0.05, 0) is 29.7 Å². The van der Waals surface area contributed by atoms with Gasteiger partial charge in [0.25, 0.3) is 0 Å². The fourth-order valence-corrected chi connectivity index (χ4v) is 2.57. The molecule has 1 N–H and O–H groups in total. The summed E-state index contributed by atoms with van der Waals surface area (Å²) < 4.78 is 0. The normalized spacial score (nSPS) is 12.1. The van der Waals surface area contributed by atoms with E-state index in [0.29, 0.717) is 0 Å². The lowest BCUT2D eigenvalue weighted by Crippen LogP contribution is -2.42. The molecule has 0 spiro atoms. The number of hydrogen-bond donors (Lipinski definition) is 1. The molecule has 0 aliphatic carbocycles. The molecule has 0 heterocycles. The van der Waals surface area contributed by atoms with Gasteiger partial charge in [-0.1, -0.05) is 49.4 Å². The topological polar surface area (TPSA) is 57.6 Å². The summed E-state index contributed by atoms with van der Waals surface area (Å²) in [7, 11) is 0. The van der Waals surface area contributed by atoms with Crippen LogP contribution in [0.2, 0.25) is 0 Å². The highest BCUT2D eigenvalue weighted by Gasteiger charge is 2.22. The lowest BCUT2D eigenvalue weighted by Gasteiger charge is -2.27. The molecule has 2 aromatic carbocycles. The van der Waals surface area contributed by atoms with E-state index >= 15 is 0 Å². The minimum atomic E-state index is -0.980. The summed E-state index contributed by atoms with van der Waals surface area (Å²) in [4.78, 5) is 25.0. The Morgan fingerprint density at radius 1 is 1.14 bits per heavy atom. The van der Waals surface area contributed by atoms with Gasteiger partial charge < -0.3 is 10.0 Å². The third-order valence-corrected chi connectivity index (χ3v) is 3.97. The van der Waals surface area contributed by atoms with E-state index in [1.54, 1.807) is 0 Å². The number of carbonyl (C=O) groups is 2. The van der Waals surface area contributed by atoms with Crippen molar-refractivity contribution in [3.63, 3.8) is 0 Å². The number of hydrogen-bond acceptors (Lipinski definition) is 2. The zero-order chi connectivity index (χ0) is 16.1. The van der Waals surface area contributed by atoms with E-state index in [1.165, 1.54) is 4.90 Å². The summed E-state index contributed by atoms with van der Waals surface area (Å²) in [6.45, 7) is 3.58. The van der Waals surface area contributed by atoms with Crippen LogP contribution >= 0.6 is 0 Å². The Balaban J connectivity index is 2.26. The Bertz CT molecular complexity index is 676. The molecule has 1 atom stereocenters. The van der Waals surface area contributed by atoms with Gasteiger partial charge >= 0.3 is 5.97 Å². The van der Waals surface area contributed by atoms with Crippen molar-refractivity contribution in [2.24, 2.45) is 0 Å². The molecular weight excluding hydrogens is 278 g/mol. The third-order valence-electron chi connectivity index (χ3n) is 3.97. The molecule has 0 aliphatic heterocycles. The smallest absolute Gasteiger partial charge is 0.323 e. The number of carboxylic acids is 1. The molecule has 0 fully saturated rings. The Morgan fingerprint density at radius 2 is 1.82 bits per heavy atom. The molecule has 2 rings (SSSR count). The maximum Gasteiger partial charge on any atom is 0.323 e. The SMILES string of the molecule is CCC(C)N(CC(=O)O)C(=O)Cc1cccc2ccccc12. The van der Waals surface area contributed by atoms with Gasteiger partial charge in [-0.2, -0.15) is 0 Å². The van der Waals surface area contributed by atoms with E-state index in [9.17, 15) is 9.59 Å². The van der Waals surface area contributed by atoms with Crippen LogP contribution in [0.4, 0.5) is 0 Å². The molecule has 0 aromatic heterocycles. The fraction of sp³-hybridized carbons (Fsp3) is 0.333. The van der Waals surface area contributed by atoms with E-state index in [-0.39, 0.29) is 24.9 Å². The number of amides is 1. The maximum absolute atomic E-state index is 12.6. The largest absolute Gasteiger partial charge is 0.480 e. The van der Waals surface area contributed by atoms with Crippen LogP contribution < -0.4 is 0 Å². The van der Waals surface area contributed by atoms with Gasteiger partial charge in [0.1, 0.15) is 6.54 Å². The first kappa shape index (κ1) is 16.0. The average Bonchev–Trinajstić information content (AvgIpc) is 2.52. The summed E-state index contributed by atoms with van der Waals surface area (Å²) in [6, 6.07) is 13.7. The van der Waals surface area contributed by atoms with Crippen LogP contribution in [0.3, 0.4) is 0 Å². The van der Waals surface area contributed by atoms with Crippen LogP contribution in [0.1, 0.15) is 25.8 Å². The van der Waals surface area contributed by atoms with Crippen LogP contribution in [0.15, 0.2) is 42.5 Å². The second kappa shape index (κ2) is 7.07. The van der Waals surface area contributed by atoms with E-state index in [1.807, 2.05) is 56.3 Å².